The lowest BCUT2D eigenvalue weighted by Crippen LogP contribution is -2.35. The monoisotopic (exact) mass is 234 g/mol. The minimum Gasteiger partial charge on any atom is -0.276 e. The van der Waals surface area contributed by atoms with Gasteiger partial charge in [-0.3, -0.25) is 24.1 Å². The summed E-state index contributed by atoms with van der Waals surface area (Å²) in [5.41, 5.74) is 0.0860. The van der Waals surface area contributed by atoms with Crippen LogP contribution >= 0.6 is 0 Å². The molecular weight excluding hydrogens is 224 g/mol. The van der Waals surface area contributed by atoms with Crippen molar-refractivity contribution in [2.75, 3.05) is 7.05 Å². The summed E-state index contributed by atoms with van der Waals surface area (Å²) in [7, 11) is 1.33. The topological polar surface area (TPSA) is 74.8 Å². The summed E-state index contributed by atoms with van der Waals surface area (Å²) >= 11 is 0. The minimum atomic E-state index is -0.614. The average molecular weight is 234 g/mol. The molecule has 0 aliphatic carbocycles. The normalized spacial score (nSPS) is 20.4. The van der Waals surface area contributed by atoms with Crippen LogP contribution in [-0.4, -0.2) is 40.5 Å². The maximum Gasteiger partial charge on any atom is 0.278 e. The predicted octanol–water partition coefficient (Wildman–Crippen LogP) is -0.426. The zero-order valence-corrected chi connectivity index (χ0v) is 9.39. The van der Waals surface area contributed by atoms with Crippen molar-refractivity contribution in [3.05, 3.63) is 23.4 Å². The number of carbonyl (C=O) groups is 4. The van der Waals surface area contributed by atoms with Gasteiger partial charge in [0, 0.05) is 24.8 Å². The second kappa shape index (κ2) is 3.65. The minimum absolute atomic E-state index is 0.111. The summed E-state index contributed by atoms with van der Waals surface area (Å²) in [5, 5.41) is 0. The first kappa shape index (κ1) is 11.3. The van der Waals surface area contributed by atoms with E-state index in [9.17, 15) is 19.2 Å². The Morgan fingerprint density at radius 2 is 1.53 bits per heavy atom. The molecule has 0 N–H and O–H groups in total. The molecule has 0 aromatic rings. The van der Waals surface area contributed by atoms with Crippen LogP contribution in [0.25, 0.3) is 0 Å². The first-order chi connectivity index (χ1) is 7.99. The summed E-state index contributed by atoms with van der Waals surface area (Å²) in [5.74, 6) is -2.25. The highest BCUT2D eigenvalue weighted by atomic mass is 16.2. The Balaban J connectivity index is 2.53. The molecule has 0 unspecified atom stereocenters. The number of likely N-dealkylation sites (N-methyl/N-ethyl adjacent to an activating group) is 1. The van der Waals surface area contributed by atoms with Gasteiger partial charge in [-0.25, -0.2) is 4.90 Å². The van der Waals surface area contributed by atoms with Crippen LogP contribution in [0.5, 0.6) is 0 Å². The Hall–Kier alpha value is -2.24. The van der Waals surface area contributed by atoms with Gasteiger partial charge in [-0.15, -0.1) is 0 Å². The number of amides is 4. The van der Waals surface area contributed by atoms with Crippen molar-refractivity contribution in [2.45, 2.75) is 13.3 Å². The molecule has 0 bridgehead atoms. The third-order valence-electron chi connectivity index (χ3n) is 2.74. The Morgan fingerprint density at radius 1 is 1.00 bits per heavy atom. The predicted molar refractivity (Wildman–Crippen MR) is 56.1 cm³/mol. The lowest BCUT2D eigenvalue weighted by atomic mass is 10.1. The summed E-state index contributed by atoms with van der Waals surface area (Å²) in [6.07, 6.45) is 2.46. The third kappa shape index (κ3) is 1.41. The number of nitrogens with zero attached hydrogens (tertiary/aromatic N) is 2. The first-order valence-electron chi connectivity index (χ1n) is 5.10. The van der Waals surface area contributed by atoms with Crippen LogP contribution in [0, 0.1) is 0 Å². The van der Waals surface area contributed by atoms with E-state index in [0.29, 0.717) is 6.42 Å². The Bertz CT molecular complexity index is 498. The quantitative estimate of drug-likeness (QED) is 0.608. The van der Waals surface area contributed by atoms with Crippen molar-refractivity contribution in [1.82, 2.24) is 9.80 Å². The van der Waals surface area contributed by atoms with Gasteiger partial charge in [0.2, 0.25) is 0 Å². The van der Waals surface area contributed by atoms with E-state index in [1.54, 1.807) is 6.92 Å². The molecule has 0 saturated carbocycles. The molecule has 0 atom stereocenters. The van der Waals surface area contributed by atoms with Gasteiger partial charge in [0.05, 0.1) is 0 Å². The number of carbonyl (C=O) groups excluding carboxylic acids is 4. The summed E-state index contributed by atoms with van der Waals surface area (Å²) < 4.78 is 0. The molecule has 17 heavy (non-hydrogen) atoms. The van der Waals surface area contributed by atoms with Gasteiger partial charge in [-0.05, 0) is 6.42 Å². The molecule has 4 amide bonds. The van der Waals surface area contributed by atoms with Gasteiger partial charge < -0.3 is 0 Å². The van der Waals surface area contributed by atoms with E-state index < -0.39 is 23.6 Å². The molecule has 2 aliphatic heterocycles. The summed E-state index contributed by atoms with van der Waals surface area (Å²) in [4.78, 5) is 48.2. The fraction of sp³-hybridized carbons (Fsp3) is 0.273. The average Bonchev–Trinajstić information content (AvgIpc) is 2.72. The molecule has 88 valence electrons. The van der Waals surface area contributed by atoms with Crippen molar-refractivity contribution < 1.29 is 19.2 Å². The van der Waals surface area contributed by atoms with Crippen molar-refractivity contribution >= 4 is 23.6 Å². The molecule has 2 heterocycles. The van der Waals surface area contributed by atoms with Crippen molar-refractivity contribution in [2.24, 2.45) is 0 Å². The molecular formula is C11H10N2O4. The fourth-order valence-corrected chi connectivity index (χ4v) is 1.85. The lowest BCUT2D eigenvalue weighted by molar-refractivity contribution is -0.141. The van der Waals surface area contributed by atoms with Gasteiger partial charge in [-0.1, -0.05) is 6.92 Å². The van der Waals surface area contributed by atoms with Gasteiger partial charge in [0.25, 0.3) is 23.6 Å². The van der Waals surface area contributed by atoms with Gasteiger partial charge >= 0.3 is 0 Å². The van der Waals surface area contributed by atoms with E-state index in [1.165, 1.54) is 7.05 Å². The number of hydrogen-bond donors (Lipinski definition) is 0. The second-order valence-electron chi connectivity index (χ2n) is 3.70. The number of rotatable bonds is 2. The molecule has 0 radical (unpaired) electrons. The Morgan fingerprint density at radius 3 is 2.00 bits per heavy atom. The number of hydrogen-bond acceptors (Lipinski definition) is 4. The van der Waals surface area contributed by atoms with E-state index in [2.05, 4.69) is 0 Å². The van der Waals surface area contributed by atoms with E-state index in [-0.39, 0.29) is 11.3 Å². The first-order valence-corrected chi connectivity index (χ1v) is 5.10. The molecule has 6 nitrogen and oxygen atoms in total. The molecule has 6 heteroatoms. The zero-order valence-electron chi connectivity index (χ0n) is 9.39. The van der Waals surface area contributed by atoms with E-state index in [0.717, 1.165) is 22.0 Å². The van der Waals surface area contributed by atoms with Crippen molar-refractivity contribution in [1.29, 1.82) is 0 Å². The highest BCUT2D eigenvalue weighted by molar-refractivity contribution is 6.25. The lowest BCUT2D eigenvalue weighted by Gasteiger charge is -2.15. The molecule has 0 fully saturated rings. The molecule has 0 aromatic heterocycles. The molecule has 0 saturated heterocycles. The summed E-state index contributed by atoms with van der Waals surface area (Å²) in [6, 6.07) is 0. The van der Waals surface area contributed by atoms with E-state index >= 15 is 0 Å². The third-order valence-corrected chi connectivity index (χ3v) is 2.74. The van der Waals surface area contributed by atoms with Crippen LogP contribution in [0.4, 0.5) is 0 Å². The Labute approximate surface area is 97.2 Å². The SMILES string of the molecule is CCC1=C(N2C(=O)C=CC2=O)C(=O)N(C)C1=O. The van der Waals surface area contributed by atoms with Crippen LogP contribution < -0.4 is 0 Å². The second-order valence-corrected chi connectivity index (χ2v) is 3.70. The maximum absolute atomic E-state index is 11.8. The fourth-order valence-electron chi connectivity index (χ4n) is 1.85. The van der Waals surface area contributed by atoms with E-state index in [1.807, 2.05) is 0 Å². The number of imide groups is 2. The standard InChI is InChI=1S/C11H10N2O4/c1-3-6-9(11(17)12(2)10(6)16)13-7(14)4-5-8(13)15/h4-5H,3H2,1-2H3. The van der Waals surface area contributed by atoms with Crippen molar-refractivity contribution in [3.63, 3.8) is 0 Å². The Kier molecular flexibility index (Phi) is 2.42. The van der Waals surface area contributed by atoms with Crippen LogP contribution in [0.15, 0.2) is 23.4 Å². The van der Waals surface area contributed by atoms with Crippen molar-refractivity contribution in [3.8, 4) is 0 Å². The zero-order chi connectivity index (χ0) is 12.7. The van der Waals surface area contributed by atoms with Crippen LogP contribution in [-0.2, 0) is 19.2 Å². The van der Waals surface area contributed by atoms with Crippen LogP contribution in [0.1, 0.15) is 13.3 Å². The summed E-state index contributed by atoms with van der Waals surface area (Å²) in [6.45, 7) is 1.69. The molecule has 0 aromatic carbocycles. The van der Waals surface area contributed by atoms with Gasteiger partial charge in [0.1, 0.15) is 5.70 Å². The largest absolute Gasteiger partial charge is 0.278 e. The highest BCUT2D eigenvalue weighted by Gasteiger charge is 2.42. The van der Waals surface area contributed by atoms with Gasteiger partial charge in [0.15, 0.2) is 0 Å². The molecule has 2 aliphatic rings. The van der Waals surface area contributed by atoms with Crippen LogP contribution in [0.2, 0.25) is 0 Å². The van der Waals surface area contributed by atoms with Crippen LogP contribution in [0.3, 0.4) is 0 Å². The maximum atomic E-state index is 11.8. The molecule has 0 spiro atoms. The molecule has 2 rings (SSSR count). The van der Waals surface area contributed by atoms with Gasteiger partial charge in [-0.2, -0.15) is 0 Å². The smallest absolute Gasteiger partial charge is 0.276 e. The van der Waals surface area contributed by atoms with E-state index in [4.69, 9.17) is 0 Å². The highest BCUT2D eigenvalue weighted by Crippen LogP contribution is 2.27.